The summed E-state index contributed by atoms with van der Waals surface area (Å²) in [5.41, 5.74) is -3.65. The summed E-state index contributed by atoms with van der Waals surface area (Å²) >= 11 is 0. The van der Waals surface area contributed by atoms with Gasteiger partial charge < -0.3 is 24.7 Å². The molecule has 2 N–H and O–H groups in total. The maximum absolute atomic E-state index is 14.0. The molecule has 3 aliphatic heterocycles. The fourth-order valence-corrected chi connectivity index (χ4v) is 5.26. The molecule has 3 atom stereocenters. The van der Waals surface area contributed by atoms with Crippen molar-refractivity contribution in [2.24, 2.45) is 5.16 Å². The van der Waals surface area contributed by atoms with Gasteiger partial charge >= 0.3 is 0 Å². The Balaban J connectivity index is 1.55. The van der Waals surface area contributed by atoms with Crippen molar-refractivity contribution in [3.8, 4) is 5.75 Å². The molecule has 3 aliphatic rings. The smallest absolute Gasteiger partial charge is 0.274 e. The van der Waals surface area contributed by atoms with Gasteiger partial charge in [0.1, 0.15) is 29.7 Å². The molecule has 1 spiro atoms. The number of alkyl halides is 1. The molecule has 1 saturated heterocycles. The maximum Gasteiger partial charge on any atom is 0.274 e. The number of nitrogens with zero attached hydrogens (tertiary/aromatic N) is 3. The highest BCUT2D eigenvalue weighted by Gasteiger charge is 2.54. The molecular weight excluding hydrogens is 500 g/mol. The quantitative estimate of drug-likeness (QED) is 0.600. The number of carbonyl (C=O) groups excluding carboxylic acids is 2. The van der Waals surface area contributed by atoms with Gasteiger partial charge in [-0.3, -0.25) is 14.4 Å². The highest BCUT2D eigenvalue weighted by atomic mass is 19.1. The van der Waals surface area contributed by atoms with Crippen molar-refractivity contribution in [2.45, 2.75) is 50.4 Å². The summed E-state index contributed by atoms with van der Waals surface area (Å²) in [6, 6.07) is -0.116. The monoisotopic (exact) mass is 522 g/mol. The van der Waals surface area contributed by atoms with Gasteiger partial charge in [0, 0.05) is 49.4 Å². The van der Waals surface area contributed by atoms with E-state index in [4.69, 9.17) is 4.84 Å². The van der Waals surface area contributed by atoms with Crippen molar-refractivity contribution in [3.63, 3.8) is 0 Å². The van der Waals surface area contributed by atoms with Crippen LogP contribution in [0.2, 0.25) is 0 Å². The van der Waals surface area contributed by atoms with Crippen LogP contribution in [0.15, 0.2) is 28.3 Å². The molecule has 0 saturated carbocycles. The summed E-state index contributed by atoms with van der Waals surface area (Å²) in [4.78, 5) is 46.3. The zero-order chi connectivity index (χ0) is 26.6. The van der Waals surface area contributed by atoms with Crippen molar-refractivity contribution in [1.29, 1.82) is 0 Å². The standard InChI is InChI=1S/C24H22F4N4O5/c1-11-2-3-24(6-13(7-25)30-37-24)18-10-31(11)23(36)19-21(34)20(33)15(9-32(18)19)22(35)29-8-14-16(27)4-12(26)5-17(14)28/h4-5,9,11,18,34H,2-3,6-8,10H2,1H3,(H,29,35)/t11-,18+,24-/m0/s1. The van der Waals surface area contributed by atoms with Crippen LogP contribution < -0.4 is 10.7 Å². The molecule has 1 aromatic heterocycles. The van der Waals surface area contributed by atoms with Gasteiger partial charge in [0.15, 0.2) is 17.0 Å². The number of hydrogen-bond acceptors (Lipinski definition) is 6. The molecular formula is C24H22F4N4O5. The SMILES string of the molecule is C[C@H]1CC[C@]2(CC(CF)=NO2)[C@H]2CN1C(=O)c1c(O)c(=O)c(C(=O)NCc3c(F)cc(F)cc3F)cn12. The maximum atomic E-state index is 14.0. The van der Waals surface area contributed by atoms with E-state index in [1.165, 1.54) is 9.47 Å². The van der Waals surface area contributed by atoms with Crippen LogP contribution in [0.25, 0.3) is 0 Å². The Morgan fingerprint density at radius 1 is 1.27 bits per heavy atom. The number of carbonyl (C=O) groups is 2. The average molecular weight is 522 g/mol. The summed E-state index contributed by atoms with van der Waals surface area (Å²) in [6.45, 7) is 0.351. The van der Waals surface area contributed by atoms with E-state index in [2.05, 4.69) is 10.5 Å². The highest BCUT2D eigenvalue weighted by Crippen LogP contribution is 2.46. The normalized spacial score (nSPS) is 24.4. The summed E-state index contributed by atoms with van der Waals surface area (Å²) in [5.74, 6) is -6.28. The van der Waals surface area contributed by atoms with Gasteiger partial charge in [-0.2, -0.15) is 0 Å². The zero-order valence-electron chi connectivity index (χ0n) is 19.6. The molecule has 13 heteroatoms. The summed E-state index contributed by atoms with van der Waals surface area (Å²) in [7, 11) is 0. The molecule has 2 amide bonds. The first-order valence-electron chi connectivity index (χ1n) is 11.6. The lowest BCUT2D eigenvalue weighted by Crippen LogP contribution is -2.52. The van der Waals surface area contributed by atoms with Crippen molar-refractivity contribution >= 4 is 17.5 Å². The lowest BCUT2D eigenvalue weighted by atomic mass is 9.84. The highest BCUT2D eigenvalue weighted by molar-refractivity contribution is 5.99. The first-order chi connectivity index (χ1) is 17.6. The van der Waals surface area contributed by atoms with Gasteiger partial charge in [-0.15, -0.1) is 0 Å². The van der Waals surface area contributed by atoms with Crippen LogP contribution in [0.3, 0.4) is 0 Å². The molecule has 0 unspecified atom stereocenters. The molecule has 1 fully saturated rings. The summed E-state index contributed by atoms with van der Waals surface area (Å²) in [6.07, 6.45) is 2.06. The average Bonchev–Trinajstić information content (AvgIpc) is 3.23. The molecule has 0 radical (unpaired) electrons. The molecule has 9 nitrogen and oxygen atoms in total. The first kappa shape index (κ1) is 24.8. The first-order valence-corrected chi connectivity index (χ1v) is 11.6. The summed E-state index contributed by atoms with van der Waals surface area (Å²) in [5, 5.41) is 16.8. The third-order valence-corrected chi connectivity index (χ3v) is 7.29. The van der Waals surface area contributed by atoms with E-state index in [1.54, 1.807) is 6.92 Å². The Morgan fingerprint density at radius 3 is 2.62 bits per heavy atom. The molecule has 196 valence electrons. The number of oxime groups is 1. The number of rotatable bonds is 4. The second-order valence-electron chi connectivity index (χ2n) is 9.49. The number of pyridine rings is 1. The lowest BCUT2D eigenvalue weighted by Gasteiger charge is -2.41. The molecule has 1 aromatic carbocycles. The van der Waals surface area contributed by atoms with Gasteiger partial charge in [0.25, 0.3) is 11.8 Å². The molecule has 37 heavy (non-hydrogen) atoms. The van der Waals surface area contributed by atoms with Crippen molar-refractivity contribution < 1.29 is 37.1 Å². The Bertz CT molecular complexity index is 1390. The predicted molar refractivity (Wildman–Crippen MR) is 120 cm³/mol. The fraction of sp³-hybridized carbons (Fsp3) is 0.417. The number of benzene rings is 1. The van der Waals surface area contributed by atoms with Crippen LogP contribution >= 0.6 is 0 Å². The molecule has 2 bridgehead atoms. The zero-order valence-corrected chi connectivity index (χ0v) is 19.6. The number of aromatic hydroxyl groups is 1. The minimum atomic E-state index is -1.23. The van der Waals surface area contributed by atoms with Crippen molar-refractivity contribution in [1.82, 2.24) is 14.8 Å². The third-order valence-electron chi connectivity index (χ3n) is 7.29. The van der Waals surface area contributed by atoms with Crippen LogP contribution in [0.5, 0.6) is 5.75 Å². The minimum absolute atomic E-state index is 0.0947. The van der Waals surface area contributed by atoms with Crippen molar-refractivity contribution in [3.05, 3.63) is 62.8 Å². The van der Waals surface area contributed by atoms with E-state index in [1.807, 2.05) is 0 Å². The van der Waals surface area contributed by atoms with Gasteiger partial charge in [0.05, 0.1) is 11.8 Å². The van der Waals surface area contributed by atoms with E-state index >= 15 is 0 Å². The number of halogens is 4. The van der Waals surface area contributed by atoms with Crippen LogP contribution in [0, 0.1) is 17.5 Å². The Kier molecular flexibility index (Phi) is 5.95. The predicted octanol–water partition coefficient (Wildman–Crippen LogP) is 2.57. The molecule has 2 aromatic rings. The second kappa shape index (κ2) is 8.89. The van der Waals surface area contributed by atoms with Crippen molar-refractivity contribution in [2.75, 3.05) is 13.2 Å². The molecule has 0 aliphatic carbocycles. The fourth-order valence-electron chi connectivity index (χ4n) is 5.26. The molecule has 5 rings (SSSR count). The Morgan fingerprint density at radius 2 is 1.97 bits per heavy atom. The Labute approximate surface area is 207 Å². The van der Waals surface area contributed by atoms with Crippen LogP contribution in [0.4, 0.5) is 17.6 Å². The topological polar surface area (TPSA) is 113 Å². The number of amides is 2. The number of fused-ring (bicyclic) bond motifs is 5. The van der Waals surface area contributed by atoms with Crippen LogP contribution in [-0.4, -0.2) is 57.0 Å². The van der Waals surface area contributed by atoms with Gasteiger partial charge in [-0.1, -0.05) is 5.16 Å². The van der Waals surface area contributed by atoms with Gasteiger partial charge in [-0.05, 0) is 19.8 Å². The van der Waals surface area contributed by atoms with Gasteiger partial charge in [0.2, 0.25) is 5.43 Å². The van der Waals surface area contributed by atoms with E-state index in [9.17, 15) is 37.1 Å². The lowest BCUT2D eigenvalue weighted by molar-refractivity contribution is -0.0655. The van der Waals surface area contributed by atoms with Crippen LogP contribution in [-0.2, 0) is 11.4 Å². The van der Waals surface area contributed by atoms with E-state index in [-0.39, 0.29) is 30.4 Å². The Hall–Kier alpha value is -3.90. The number of hydrogen-bond donors (Lipinski definition) is 2. The number of nitrogens with one attached hydrogen (secondary N) is 1. The molecule has 4 heterocycles. The van der Waals surface area contributed by atoms with Crippen LogP contribution in [0.1, 0.15) is 58.6 Å². The minimum Gasteiger partial charge on any atom is -0.503 e. The number of aromatic nitrogens is 1. The van der Waals surface area contributed by atoms with Gasteiger partial charge in [-0.25, -0.2) is 17.6 Å². The van der Waals surface area contributed by atoms with E-state index in [0.717, 1.165) is 6.20 Å². The third kappa shape index (κ3) is 3.92. The largest absolute Gasteiger partial charge is 0.503 e. The van der Waals surface area contributed by atoms with E-state index < -0.39 is 76.4 Å². The summed E-state index contributed by atoms with van der Waals surface area (Å²) < 4.78 is 55.8. The second-order valence-corrected chi connectivity index (χ2v) is 9.49. The van der Waals surface area contributed by atoms with E-state index in [0.29, 0.717) is 25.0 Å².